The second kappa shape index (κ2) is 6.79. The van der Waals surface area contributed by atoms with Crippen LogP contribution in [-0.2, 0) is 0 Å². The molecule has 0 atom stereocenters. The summed E-state index contributed by atoms with van der Waals surface area (Å²) in [6.07, 6.45) is 0. The third kappa shape index (κ3) is 3.23. The number of aromatic nitrogens is 1. The van der Waals surface area contributed by atoms with Crippen molar-refractivity contribution >= 4 is 39.1 Å². The molecule has 0 bridgehead atoms. The highest BCUT2D eigenvalue weighted by molar-refractivity contribution is 9.10. The maximum atomic E-state index is 12.8. The van der Waals surface area contributed by atoms with Crippen LogP contribution in [0.4, 0.5) is 5.69 Å². The first kappa shape index (κ1) is 16.7. The van der Waals surface area contributed by atoms with Gasteiger partial charge in [-0.2, -0.15) is 0 Å². The van der Waals surface area contributed by atoms with Gasteiger partial charge in [-0.15, -0.1) is 0 Å². The maximum Gasteiger partial charge on any atom is 0.261 e. The van der Waals surface area contributed by atoms with Crippen molar-refractivity contribution in [3.63, 3.8) is 0 Å². The first-order valence-corrected chi connectivity index (χ1v) is 8.43. The largest absolute Gasteiger partial charge is 0.360 e. The highest BCUT2D eigenvalue weighted by Crippen LogP contribution is 2.29. The number of rotatable bonds is 3. The van der Waals surface area contributed by atoms with Crippen molar-refractivity contribution in [2.75, 3.05) is 5.32 Å². The fourth-order valence-electron chi connectivity index (χ4n) is 2.40. The zero-order valence-corrected chi connectivity index (χ0v) is 15.4. The summed E-state index contributed by atoms with van der Waals surface area (Å²) in [4.78, 5) is 12.8. The molecule has 1 heterocycles. The zero-order valence-electron chi connectivity index (χ0n) is 13.1. The number of nitrogens with one attached hydrogen (secondary N) is 1. The molecule has 0 saturated carbocycles. The number of amides is 1. The zero-order chi connectivity index (χ0) is 17.3. The van der Waals surface area contributed by atoms with E-state index in [1.165, 1.54) is 0 Å². The Kier molecular flexibility index (Phi) is 4.73. The van der Waals surface area contributed by atoms with E-state index in [4.69, 9.17) is 16.1 Å². The van der Waals surface area contributed by atoms with Crippen molar-refractivity contribution in [2.24, 2.45) is 0 Å². The van der Waals surface area contributed by atoms with Gasteiger partial charge in [0.15, 0.2) is 0 Å². The van der Waals surface area contributed by atoms with E-state index >= 15 is 0 Å². The summed E-state index contributed by atoms with van der Waals surface area (Å²) in [6, 6.07) is 12.9. The number of benzene rings is 2. The summed E-state index contributed by atoms with van der Waals surface area (Å²) in [6.45, 7) is 3.57. The molecular weight excluding hydrogens is 392 g/mol. The molecular formula is C18H14BrClN2O2. The van der Waals surface area contributed by atoms with E-state index in [-0.39, 0.29) is 5.91 Å². The number of carbonyl (C=O) groups excluding carboxylic acids is 1. The molecule has 0 fully saturated rings. The molecule has 1 amide bonds. The molecule has 0 radical (unpaired) electrons. The second-order valence-corrected chi connectivity index (χ2v) is 6.66. The van der Waals surface area contributed by atoms with Crippen LogP contribution in [0.3, 0.4) is 0 Å². The average molecular weight is 406 g/mol. The lowest BCUT2D eigenvalue weighted by molar-refractivity contribution is 0.102. The van der Waals surface area contributed by atoms with Gasteiger partial charge in [0.1, 0.15) is 17.0 Å². The SMILES string of the molecule is Cc1onc(-c2cccc(Br)c2)c1C(=O)Nc1cccc(Cl)c1C. The fraction of sp³-hybridized carbons (Fsp3) is 0.111. The summed E-state index contributed by atoms with van der Waals surface area (Å²) in [7, 11) is 0. The Bertz CT molecular complexity index is 921. The topological polar surface area (TPSA) is 55.1 Å². The molecule has 0 saturated heterocycles. The quantitative estimate of drug-likeness (QED) is 0.614. The van der Waals surface area contributed by atoms with Gasteiger partial charge in [0.25, 0.3) is 5.91 Å². The molecule has 0 spiro atoms. The highest BCUT2D eigenvalue weighted by Gasteiger charge is 2.22. The van der Waals surface area contributed by atoms with Crippen LogP contribution in [0.2, 0.25) is 5.02 Å². The van der Waals surface area contributed by atoms with Crippen LogP contribution < -0.4 is 5.32 Å². The minimum absolute atomic E-state index is 0.283. The molecule has 3 rings (SSSR count). The van der Waals surface area contributed by atoms with E-state index < -0.39 is 0 Å². The van der Waals surface area contributed by atoms with Crippen molar-refractivity contribution in [3.05, 3.63) is 68.8 Å². The normalized spacial score (nSPS) is 10.7. The molecule has 4 nitrogen and oxygen atoms in total. The maximum absolute atomic E-state index is 12.8. The molecule has 0 aliphatic rings. The Morgan fingerprint density at radius 2 is 1.96 bits per heavy atom. The summed E-state index contributed by atoms with van der Waals surface area (Å²) in [5.41, 5.74) is 3.19. The van der Waals surface area contributed by atoms with Crippen molar-refractivity contribution < 1.29 is 9.32 Å². The molecule has 2 aromatic carbocycles. The van der Waals surface area contributed by atoms with Crippen LogP contribution in [0.15, 0.2) is 51.5 Å². The first-order chi connectivity index (χ1) is 11.5. The van der Waals surface area contributed by atoms with Crippen molar-refractivity contribution in [2.45, 2.75) is 13.8 Å². The number of hydrogen-bond acceptors (Lipinski definition) is 3. The minimum atomic E-state index is -0.283. The molecule has 0 aliphatic carbocycles. The molecule has 1 N–H and O–H groups in total. The van der Waals surface area contributed by atoms with Gasteiger partial charge >= 0.3 is 0 Å². The number of carbonyl (C=O) groups is 1. The Balaban J connectivity index is 1.99. The van der Waals surface area contributed by atoms with Gasteiger partial charge in [-0.05, 0) is 43.7 Å². The Hall–Kier alpha value is -2.11. The average Bonchev–Trinajstić information content (AvgIpc) is 2.93. The van der Waals surface area contributed by atoms with Crippen LogP contribution in [0.25, 0.3) is 11.3 Å². The first-order valence-electron chi connectivity index (χ1n) is 7.26. The van der Waals surface area contributed by atoms with E-state index in [2.05, 4.69) is 26.4 Å². The van der Waals surface area contributed by atoms with Gasteiger partial charge in [0.05, 0.1) is 0 Å². The standard InChI is InChI=1S/C18H14BrClN2O2/c1-10-14(20)7-4-8-15(10)21-18(23)16-11(2)24-22-17(16)12-5-3-6-13(19)9-12/h3-9H,1-2H3,(H,21,23). The molecule has 0 aliphatic heterocycles. The number of nitrogens with zero attached hydrogens (tertiary/aromatic N) is 1. The van der Waals surface area contributed by atoms with Crippen molar-refractivity contribution in [1.29, 1.82) is 0 Å². The number of aryl methyl sites for hydroxylation is 1. The number of hydrogen-bond donors (Lipinski definition) is 1. The fourth-order valence-corrected chi connectivity index (χ4v) is 2.97. The predicted molar refractivity (Wildman–Crippen MR) is 98.5 cm³/mol. The summed E-state index contributed by atoms with van der Waals surface area (Å²) < 4.78 is 6.15. The number of halogens is 2. The lowest BCUT2D eigenvalue weighted by Crippen LogP contribution is -2.14. The van der Waals surface area contributed by atoms with E-state index in [0.29, 0.717) is 27.7 Å². The van der Waals surface area contributed by atoms with Gasteiger partial charge < -0.3 is 9.84 Å². The van der Waals surface area contributed by atoms with Gasteiger partial charge in [-0.3, -0.25) is 4.79 Å². The van der Waals surface area contributed by atoms with E-state index in [0.717, 1.165) is 15.6 Å². The third-order valence-electron chi connectivity index (χ3n) is 3.70. The lowest BCUT2D eigenvalue weighted by atomic mass is 10.1. The van der Waals surface area contributed by atoms with Crippen LogP contribution in [0.5, 0.6) is 0 Å². The summed E-state index contributed by atoms with van der Waals surface area (Å²) >= 11 is 9.54. The molecule has 24 heavy (non-hydrogen) atoms. The Morgan fingerprint density at radius 1 is 1.21 bits per heavy atom. The monoisotopic (exact) mass is 404 g/mol. The van der Waals surface area contributed by atoms with Crippen LogP contribution in [0.1, 0.15) is 21.7 Å². The van der Waals surface area contributed by atoms with E-state index in [1.807, 2.05) is 31.2 Å². The van der Waals surface area contributed by atoms with Crippen molar-refractivity contribution in [1.82, 2.24) is 5.16 Å². The van der Waals surface area contributed by atoms with E-state index in [1.54, 1.807) is 25.1 Å². The Labute approximate surface area is 152 Å². The van der Waals surface area contributed by atoms with Gasteiger partial charge in [0, 0.05) is 20.7 Å². The van der Waals surface area contributed by atoms with Crippen molar-refractivity contribution in [3.8, 4) is 11.3 Å². The van der Waals surface area contributed by atoms with Crippen LogP contribution in [0, 0.1) is 13.8 Å². The highest BCUT2D eigenvalue weighted by atomic mass is 79.9. The minimum Gasteiger partial charge on any atom is -0.360 e. The lowest BCUT2D eigenvalue weighted by Gasteiger charge is -2.10. The van der Waals surface area contributed by atoms with Gasteiger partial charge in [-0.1, -0.05) is 50.9 Å². The Morgan fingerprint density at radius 3 is 2.71 bits per heavy atom. The second-order valence-electron chi connectivity index (χ2n) is 5.34. The smallest absolute Gasteiger partial charge is 0.261 e. The third-order valence-corrected chi connectivity index (χ3v) is 4.61. The molecule has 0 unspecified atom stereocenters. The molecule has 122 valence electrons. The van der Waals surface area contributed by atoms with Crippen LogP contribution >= 0.6 is 27.5 Å². The summed E-state index contributed by atoms with van der Waals surface area (Å²) in [5, 5.41) is 7.53. The van der Waals surface area contributed by atoms with Gasteiger partial charge in [0.2, 0.25) is 0 Å². The van der Waals surface area contributed by atoms with Gasteiger partial charge in [-0.25, -0.2) is 0 Å². The molecule has 1 aromatic heterocycles. The molecule has 6 heteroatoms. The predicted octanol–water partition coefficient (Wildman–Crippen LogP) is 5.63. The number of anilines is 1. The summed E-state index contributed by atoms with van der Waals surface area (Å²) in [5.74, 6) is 0.177. The molecule has 3 aromatic rings. The van der Waals surface area contributed by atoms with Crippen LogP contribution in [-0.4, -0.2) is 11.1 Å². The van der Waals surface area contributed by atoms with E-state index in [9.17, 15) is 4.79 Å².